The number of hydrogen-bond donors (Lipinski definition) is 1. The van der Waals surface area contributed by atoms with Gasteiger partial charge in [-0.15, -0.1) is 11.3 Å². The van der Waals surface area contributed by atoms with Crippen molar-refractivity contribution in [2.24, 2.45) is 5.73 Å². The first-order chi connectivity index (χ1) is 7.83. The van der Waals surface area contributed by atoms with Crippen LogP contribution in [0.4, 0.5) is 0 Å². The molecule has 1 atom stereocenters. The van der Waals surface area contributed by atoms with E-state index in [1.54, 1.807) is 11.3 Å². The first-order valence-electron chi connectivity index (χ1n) is 5.57. The summed E-state index contributed by atoms with van der Waals surface area (Å²) in [6, 6.07) is 2.42. The molecule has 0 aliphatic carbocycles. The van der Waals surface area contributed by atoms with Crippen molar-refractivity contribution < 1.29 is 4.74 Å². The lowest BCUT2D eigenvalue weighted by molar-refractivity contribution is 0.133. The smallest absolute Gasteiger partial charge is 0.0593 e. The van der Waals surface area contributed by atoms with Crippen LogP contribution >= 0.6 is 27.3 Å². The van der Waals surface area contributed by atoms with Crippen LogP contribution in [-0.2, 0) is 4.74 Å². The summed E-state index contributed by atoms with van der Waals surface area (Å²) in [6.45, 7) is 4.41. The number of hydrogen-bond acceptors (Lipinski definition) is 4. The van der Waals surface area contributed by atoms with E-state index in [1.165, 1.54) is 9.35 Å². The van der Waals surface area contributed by atoms with Gasteiger partial charge in [0, 0.05) is 35.6 Å². The molecule has 2 N–H and O–H groups in total. The molecule has 1 aromatic rings. The number of nitrogens with two attached hydrogens (primary N) is 1. The predicted molar refractivity (Wildman–Crippen MR) is 70.8 cm³/mol. The monoisotopic (exact) mass is 304 g/mol. The summed E-state index contributed by atoms with van der Waals surface area (Å²) in [5, 5.41) is 2.11. The Morgan fingerprint density at radius 2 is 2.38 bits per heavy atom. The number of rotatable bonds is 3. The minimum Gasteiger partial charge on any atom is -0.380 e. The predicted octanol–water partition coefficient (Wildman–Crippen LogP) is 2.23. The molecule has 0 spiro atoms. The molecule has 0 radical (unpaired) electrons. The van der Waals surface area contributed by atoms with E-state index in [1.807, 2.05) is 0 Å². The SMILES string of the molecule is NCC(c1sccc1Br)N1CCCOCC1. The molecule has 2 heterocycles. The molecule has 1 unspecified atom stereocenters. The highest BCUT2D eigenvalue weighted by Gasteiger charge is 2.22. The molecule has 2 rings (SSSR count). The first kappa shape index (κ1) is 12.5. The van der Waals surface area contributed by atoms with Gasteiger partial charge < -0.3 is 10.5 Å². The van der Waals surface area contributed by atoms with E-state index in [-0.39, 0.29) is 0 Å². The van der Waals surface area contributed by atoms with Gasteiger partial charge >= 0.3 is 0 Å². The lowest BCUT2D eigenvalue weighted by atomic mass is 10.2. The first-order valence-corrected chi connectivity index (χ1v) is 7.25. The zero-order chi connectivity index (χ0) is 11.4. The van der Waals surface area contributed by atoms with Crippen molar-refractivity contribution >= 4 is 27.3 Å². The van der Waals surface area contributed by atoms with Gasteiger partial charge in [-0.1, -0.05) is 0 Å². The molecule has 16 heavy (non-hydrogen) atoms. The van der Waals surface area contributed by atoms with E-state index in [2.05, 4.69) is 32.3 Å². The zero-order valence-corrected chi connectivity index (χ0v) is 11.6. The molecule has 5 heteroatoms. The normalized spacial score (nSPS) is 20.6. The van der Waals surface area contributed by atoms with Crippen LogP contribution in [-0.4, -0.2) is 37.7 Å². The average Bonchev–Trinajstić information content (AvgIpc) is 2.57. The second kappa shape index (κ2) is 6.12. The fourth-order valence-corrected chi connectivity index (χ4v) is 3.83. The fourth-order valence-electron chi connectivity index (χ4n) is 2.04. The molecule has 90 valence electrons. The van der Waals surface area contributed by atoms with Crippen LogP contribution in [0.5, 0.6) is 0 Å². The molecule has 0 aromatic carbocycles. The van der Waals surface area contributed by atoms with Crippen LogP contribution < -0.4 is 5.73 Å². The van der Waals surface area contributed by atoms with Gasteiger partial charge in [0.25, 0.3) is 0 Å². The van der Waals surface area contributed by atoms with Crippen LogP contribution in [0.25, 0.3) is 0 Å². The molecule has 0 saturated carbocycles. The Bertz CT molecular complexity index is 324. The Balaban J connectivity index is 2.12. The maximum absolute atomic E-state index is 5.92. The van der Waals surface area contributed by atoms with E-state index < -0.39 is 0 Å². The molecule has 1 aromatic heterocycles. The lowest BCUT2D eigenvalue weighted by Gasteiger charge is -2.28. The van der Waals surface area contributed by atoms with Crippen LogP contribution in [0.1, 0.15) is 17.3 Å². The van der Waals surface area contributed by atoms with E-state index in [0.29, 0.717) is 12.6 Å². The Labute approximate surface area is 109 Å². The quantitative estimate of drug-likeness (QED) is 0.931. The van der Waals surface area contributed by atoms with Crippen molar-refractivity contribution in [1.29, 1.82) is 0 Å². The van der Waals surface area contributed by atoms with Gasteiger partial charge in [-0.2, -0.15) is 0 Å². The van der Waals surface area contributed by atoms with Gasteiger partial charge in [0.2, 0.25) is 0 Å². The highest BCUT2D eigenvalue weighted by atomic mass is 79.9. The summed E-state index contributed by atoms with van der Waals surface area (Å²) in [5.41, 5.74) is 5.92. The fraction of sp³-hybridized carbons (Fsp3) is 0.636. The summed E-state index contributed by atoms with van der Waals surface area (Å²) in [5.74, 6) is 0. The second-order valence-corrected chi connectivity index (χ2v) is 5.69. The average molecular weight is 305 g/mol. The highest BCUT2D eigenvalue weighted by molar-refractivity contribution is 9.10. The van der Waals surface area contributed by atoms with Crippen molar-refractivity contribution in [2.75, 3.05) is 32.8 Å². The van der Waals surface area contributed by atoms with Gasteiger partial charge in [-0.25, -0.2) is 0 Å². The minimum atomic E-state index is 0.330. The summed E-state index contributed by atoms with van der Waals surface area (Å²) in [7, 11) is 0. The van der Waals surface area contributed by atoms with Gasteiger partial charge in [0.05, 0.1) is 12.6 Å². The molecule has 3 nitrogen and oxygen atoms in total. The molecule has 0 amide bonds. The lowest BCUT2D eigenvalue weighted by Crippen LogP contribution is -2.35. The van der Waals surface area contributed by atoms with Crippen molar-refractivity contribution in [3.63, 3.8) is 0 Å². The third kappa shape index (κ3) is 2.84. The van der Waals surface area contributed by atoms with E-state index in [0.717, 1.165) is 32.7 Å². The maximum Gasteiger partial charge on any atom is 0.0593 e. The standard InChI is InChI=1S/C11H17BrN2OS/c12-9-2-7-16-11(9)10(8-13)14-3-1-5-15-6-4-14/h2,7,10H,1,3-6,8,13H2. The number of halogens is 1. The number of ether oxygens (including phenoxy) is 1. The summed E-state index contributed by atoms with van der Waals surface area (Å²) in [4.78, 5) is 3.77. The number of nitrogens with zero attached hydrogens (tertiary/aromatic N) is 1. The third-order valence-corrected chi connectivity index (χ3v) is 4.84. The van der Waals surface area contributed by atoms with E-state index in [9.17, 15) is 0 Å². The number of thiophene rings is 1. The summed E-state index contributed by atoms with van der Waals surface area (Å²) < 4.78 is 6.65. The van der Waals surface area contributed by atoms with Crippen molar-refractivity contribution in [3.8, 4) is 0 Å². The van der Waals surface area contributed by atoms with Gasteiger partial charge in [0.1, 0.15) is 0 Å². The van der Waals surface area contributed by atoms with Gasteiger partial charge in [0.15, 0.2) is 0 Å². The summed E-state index contributed by atoms with van der Waals surface area (Å²) >= 11 is 5.36. The van der Waals surface area contributed by atoms with Crippen LogP contribution in [0, 0.1) is 0 Å². The second-order valence-electron chi connectivity index (χ2n) is 3.89. The van der Waals surface area contributed by atoms with Crippen LogP contribution in [0.15, 0.2) is 15.9 Å². The topological polar surface area (TPSA) is 38.5 Å². The Hall–Kier alpha value is 0.0600. The molecular formula is C11H17BrN2OS. The van der Waals surface area contributed by atoms with Gasteiger partial charge in [-0.3, -0.25) is 4.90 Å². The van der Waals surface area contributed by atoms with Crippen LogP contribution in [0.3, 0.4) is 0 Å². The maximum atomic E-state index is 5.92. The molecular weight excluding hydrogens is 288 g/mol. The van der Waals surface area contributed by atoms with Crippen LogP contribution in [0.2, 0.25) is 0 Å². The van der Waals surface area contributed by atoms with Crippen molar-refractivity contribution in [2.45, 2.75) is 12.5 Å². The zero-order valence-electron chi connectivity index (χ0n) is 9.19. The Kier molecular flexibility index (Phi) is 4.79. The van der Waals surface area contributed by atoms with E-state index in [4.69, 9.17) is 10.5 Å². The van der Waals surface area contributed by atoms with Crippen molar-refractivity contribution in [3.05, 3.63) is 20.8 Å². The van der Waals surface area contributed by atoms with E-state index >= 15 is 0 Å². The molecule has 1 aliphatic rings. The molecule has 1 fully saturated rings. The largest absolute Gasteiger partial charge is 0.380 e. The highest BCUT2D eigenvalue weighted by Crippen LogP contribution is 2.32. The Morgan fingerprint density at radius 3 is 3.06 bits per heavy atom. The molecule has 1 saturated heterocycles. The molecule has 0 bridgehead atoms. The van der Waals surface area contributed by atoms with Gasteiger partial charge in [-0.05, 0) is 33.8 Å². The minimum absolute atomic E-state index is 0.330. The third-order valence-electron chi connectivity index (χ3n) is 2.87. The Morgan fingerprint density at radius 1 is 1.50 bits per heavy atom. The van der Waals surface area contributed by atoms with Crippen molar-refractivity contribution in [1.82, 2.24) is 4.90 Å². The molecule has 1 aliphatic heterocycles. The summed E-state index contributed by atoms with van der Waals surface area (Å²) in [6.07, 6.45) is 1.10.